The van der Waals surface area contributed by atoms with Crippen molar-refractivity contribution in [1.82, 2.24) is 15.2 Å². The molecule has 0 bridgehead atoms. The van der Waals surface area contributed by atoms with E-state index in [2.05, 4.69) is 22.5 Å². The summed E-state index contributed by atoms with van der Waals surface area (Å²) in [5, 5.41) is 9.60. The molecule has 0 aliphatic heterocycles. The van der Waals surface area contributed by atoms with Crippen molar-refractivity contribution in [2.75, 3.05) is 0 Å². The monoisotopic (exact) mass is 326 g/mol. The fraction of sp³-hybridized carbons (Fsp3) is 0.444. The quantitative estimate of drug-likeness (QED) is 0.858. The van der Waals surface area contributed by atoms with Crippen LogP contribution in [0.5, 0.6) is 0 Å². The smallest absolute Gasteiger partial charge is 0.267 e. The highest BCUT2D eigenvalue weighted by molar-refractivity contribution is 6.05. The van der Waals surface area contributed by atoms with Crippen LogP contribution < -0.4 is 11.0 Å². The Hall–Kier alpha value is -2.50. The van der Waals surface area contributed by atoms with Crippen molar-refractivity contribution in [3.8, 4) is 0 Å². The lowest BCUT2D eigenvalue weighted by Crippen LogP contribution is -2.29. The number of rotatable bonds is 5. The van der Waals surface area contributed by atoms with E-state index in [1.54, 1.807) is 24.3 Å². The summed E-state index contributed by atoms with van der Waals surface area (Å²) in [6, 6.07) is 7.10. The highest BCUT2D eigenvalue weighted by atomic mass is 16.2. The second kappa shape index (κ2) is 7.38. The molecule has 1 aliphatic carbocycles. The molecule has 1 amide bonds. The Morgan fingerprint density at radius 3 is 2.67 bits per heavy atom. The van der Waals surface area contributed by atoms with Gasteiger partial charge in [-0.05, 0) is 38.2 Å². The first-order chi connectivity index (χ1) is 11.7. The number of amides is 1. The number of benzene rings is 1. The first kappa shape index (κ1) is 16.4. The van der Waals surface area contributed by atoms with Crippen LogP contribution in [0.15, 0.2) is 34.2 Å². The molecule has 126 valence electrons. The normalized spacial score (nSPS) is 14.1. The van der Waals surface area contributed by atoms with Gasteiger partial charge in [-0.25, -0.2) is 10.1 Å². The molecule has 1 fully saturated rings. The average Bonchev–Trinajstić information content (AvgIpc) is 3.13. The molecule has 0 unspecified atom stereocenters. The summed E-state index contributed by atoms with van der Waals surface area (Å²) in [6.45, 7) is 2.56. The zero-order valence-corrected chi connectivity index (χ0v) is 13.9. The first-order valence-corrected chi connectivity index (χ1v) is 8.56. The first-order valence-electron chi connectivity index (χ1n) is 8.56. The third-order valence-corrected chi connectivity index (χ3v) is 4.30. The van der Waals surface area contributed by atoms with Crippen molar-refractivity contribution < 1.29 is 4.79 Å². The van der Waals surface area contributed by atoms with Gasteiger partial charge in [-0.15, -0.1) is 0 Å². The van der Waals surface area contributed by atoms with Gasteiger partial charge in [0.25, 0.3) is 11.5 Å². The van der Waals surface area contributed by atoms with E-state index in [0.29, 0.717) is 17.3 Å². The fourth-order valence-electron chi connectivity index (χ4n) is 2.94. The van der Waals surface area contributed by atoms with E-state index in [1.807, 2.05) is 0 Å². The van der Waals surface area contributed by atoms with Crippen LogP contribution in [0.1, 0.15) is 55.9 Å². The Bertz CT molecular complexity index is 831. The van der Waals surface area contributed by atoms with Crippen molar-refractivity contribution in [1.29, 1.82) is 0 Å². The number of carbonyl (C=O) groups excluding carboxylic acids is 1. The van der Waals surface area contributed by atoms with E-state index in [9.17, 15) is 9.59 Å². The van der Waals surface area contributed by atoms with Crippen molar-refractivity contribution in [2.45, 2.75) is 52.0 Å². The van der Waals surface area contributed by atoms with Gasteiger partial charge in [0.2, 0.25) is 0 Å². The molecule has 6 heteroatoms. The number of nitrogens with one attached hydrogen (secondary N) is 1. The number of hydrogen-bond acceptors (Lipinski definition) is 4. The molecule has 1 N–H and O–H groups in total. The number of carbonyl (C=O) groups is 1. The van der Waals surface area contributed by atoms with Gasteiger partial charge in [-0.2, -0.15) is 10.2 Å². The lowest BCUT2D eigenvalue weighted by atomic mass is 10.1. The van der Waals surface area contributed by atoms with Gasteiger partial charge < -0.3 is 0 Å². The summed E-state index contributed by atoms with van der Waals surface area (Å²) in [4.78, 5) is 25.1. The summed E-state index contributed by atoms with van der Waals surface area (Å²) in [5.41, 5.74) is 3.73. The van der Waals surface area contributed by atoms with Gasteiger partial charge in [-0.3, -0.25) is 9.59 Å². The molecule has 3 rings (SSSR count). The van der Waals surface area contributed by atoms with Crippen LogP contribution in [0.25, 0.3) is 10.8 Å². The molecule has 0 saturated heterocycles. The van der Waals surface area contributed by atoms with Crippen molar-refractivity contribution in [2.24, 2.45) is 5.10 Å². The molecule has 2 aromatic rings. The van der Waals surface area contributed by atoms with E-state index < -0.39 is 0 Å². The minimum Gasteiger partial charge on any atom is -0.267 e. The fourth-order valence-corrected chi connectivity index (χ4v) is 2.94. The number of hydrogen-bond donors (Lipinski definition) is 1. The van der Waals surface area contributed by atoms with E-state index in [0.717, 1.165) is 44.2 Å². The zero-order chi connectivity index (χ0) is 16.9. The van der Waals surface area contributed by atoms with Gasteiger partial charge >= 0.3 is 0 Å². The maximum Gasteiger partial charge on any atom is 0.292 e. The van der Waals surface area contributed by atoms with Crippen LogP contribution in [-0.4, -0.2) is 21.4 Å². The standard InChI is InChI=1S/C18H22N4O2/c1-2-3-12-22-18(24)15-11-7-6-10-14(15)16(21-22)17(23)20-19-13-8-4-5-9-13/h6-7,10-11H,2-5,8-9,12H2,1H3,(H,20,23). The number of fused-ring (bicyclic) bond motifs is 1. The SMILES string of the molecule is CCCCn1nc(C(=O)NN=C2CCCC2)c2ccccc2c1=O. The Labute approximate surface area is 140 Å². The molecule has 0 atom stereocenters. The van der Waals surface area contributed by atoms with Gasteiger partial charge in [-0.1, -0.05) is 31.5 Å². The molecular weight excluding hydrogens is 304 g/mol. The summed E-state index contributed by atoms with van der Waals surface area (Å²) >= 11 is 0. The number of aryl methyl sites for hydroxylation is 1. The minimum atomic E-state index is -0.365. The number of aromatic nitrogens is 2. The Morgan fingerprint density at radius 2 is 1.96 bits per heavy atom. The van der Waals surface area contributed by atoms with Crippen LogP contribution in [0.3, 0.4) is 0 Å². The van der Waals surface area contributed by atoms with Crippen molar-refractivity contribution >= 4 is 22.4 Å². The number of unbranched alkanes of at least 4 members (excludes halogenated alkanes) is 1. The molecule has 24 heavy (non-hydrogen) atoms. The molecular formula is C18H22N4O2. The van der Waals surface area contributed by atoms with Crippen LogP contribution in [0.2, 0.25) is 0 Å². The third-order valence-electron chi connectivity index (χ3n) is 4.30. The molecule has 1 heterocycles. The number of hydrazone groups is 1. The minimum absolute atomic E-state index is 0.155. The second-order valence-electron chi connectivity index (χ2n) is 6.10. The maximum absolute atomic E-state index is 12.6. The number of nitrogens with zero attached hydrogens (tertiary/aromatic N) is 3. The summed E-state index contributed by atoms with van der Waals surface area (Å²) in [6.07, 6.45) is 5.91. The average molecular weight is 326 g/mol. The summed E-state index contributed by atoms with van der Waals surface area (Å²) in [5.74, 6) is -0.365. The van der Waals surface area contributed by atoms with Crippen LogP contribution >= 0.6 is 0 Å². The maximum atomic E-state index is 12.6. The van der Waals surface area contributed by atoms with Crippen LogP contribution in [-0.2, 0) is 6.54 Å². The lowest BCUT2D eigenvalue weighted by molar-refractivity contribution is 0.0949. The van der Waals surface area contributed by atoms with E-state index in [4.69, 9.17) is 0 Å². The highest BCUT2D eigenvalue weighted by Gasteiger charge is 2.17. The van der Waals surface area contributed by atoms with E-state index >= 15 is 0 Å². The van der Waals surface area contributed by atoms with Crippen molar-refractivity contribution in [3.05, 3.63) is 40.3 Å². The molecule has 1 aliphatic rings. The Morgan fingerprint density at radius 1 is 1.25 bits per heavy atom. The molecule has 1 aromatic heterocycles. The molecule has 1 saturated carbocycles. The van der Waals surface area contributed by atoms with Crippen molar-refractivity contribution in [3.63, 3.8) is 0 Å². The largest absolute Gasteiger partial charge is 0.292 e. The lowest BCUT2D eigenvalue weighted by Gasteiger charge is -2.10. The van der Waals surface area contributed by atoms with E-state index in [-0.39, 0.29) is 17.2 Å². The highest BCUT2D eigenvalue weighted by Crippen LogP contribution is 2.15. The topological polar surface area (TPSA) is 76.3 Å². The molecule has 0 radical (unpaired) electrons. The van der Waals surface area contributed by atoms with Gasteiger partial charge in [0.05, 0.1) is 5.39 Å². The second-order valence-corrected chi connectivity index (χ2v) is 6.10. The van der Waals surface area contributed by atoms with E-state index in [1.165, 1.54) is 4.68 Å². The molecule has 0 spiro atoms. The van der Waals surface area contributed by atoms with Gasteiger partial charge in [0.15, 0.2) is 5.69 Å². The van der Waals surface area contributed by atoms with Gasteiger partial charge in [0.1, 0.15) is 0 Å². The molecule has 6 nitrogen and oxygen atoms in total. The Balaban J connectivity index is 1.98. The van der Waals surface area contributed by atoms with Crippen LogP contribution in [0, 0.1) is 0 Å². The zero-order valence-electron chi connectivity index (χ0n) is 13.9. The predicted molar refractivity (Wildman–Crippen MR) is 94.3 cm³/mol. The predicted octanol–water partition coefficient (Wildman–Crippen LogP) is 2.86. The van der Waals surface area contributed by atoms with Crippen LogP contribution in [0.4, 0.5) is 0 Å². The Kier molecular flexibility index (Phi) is 5.03. The summed E-state index contributed by atoms with van der Waals surface area (Å²) in [7, 11) is 0. The third kappa shape index (κ3) is 3.37. The van der Waals surface area contributed by atoms with Gasteiger partial charge in [0, 0.05) is 17.6 Å². The summed E-state index contributed by atoms with van der Waals surface area (Å²) < 4.78 is 1.39. The molecule has 1 aromatic carbocycles.